The summed E-state index contributed by atoms with van der Waals surface area (Å²) >= 11 is 0. The van der Waals surface area contributed by atoms with Crippen molar-refractivity contribution in [3.8, 4) is 11.1 Å². The fraction of sp³-hybridized carbons (Fsp3) is 0.429. The van der Waals surface area contributed by atoms with Crippen LogP contribution in [0.5, 0.6) is 0 Å². The Labute approximate surface area is 222 Å². The molecule has 4 heterocycles. The lowest BCUT2D eigenvalue weighted by Gasteiger charge is -2.35. The van der Waals surface area contributed by atoms with Crippen molar-refractivity contribution in [2.45, 2.75) is 13.8 Å². The van der Waals surface area contributed by atoms with Gasteiger partial charge in [0, 0.05) is 57.7 Å². The highest BCUT2D eigenvalue weighted by Crippen LogP contribution is 2.32. The topological polar surface area (TPSA) is 91.3 Å². The Hall–Kier alpha value is -4.08. The van der Waals surface area contributed by atoms with Gasteiger partial charge in [0.15, 0.2) is 5.65 Å². The van der Waals surface area contributed by atoms with Crippen LogP contribution in [0.2, 0.25) is 0 Å². The molecule has 2 amide bonds. The van der Waals surface area contributed by atoms with Crippen LogP contribution in [0.1, 0.15) is 13.8 Å². The van der Waals surface area contributed by atoms with Crippen LogP contribution in [0.25, 0.3) is 22.2 Å². The fourth-order valence-electron chi connectivity index (χ4n) is 4.94. The molecule has 0 spiro atoms. The van der Waals surface area contributed by atoms with Crippen LogP contribution in [0.3, 0.4) is 0 Å². The average Bonchev–Trinajstić information content (AvgIpc) is 2.97. The molecule has 200 valence electrons. The second kappa shape index (κ2) is 11.5. The van der Waals surface area contributed by atoms with Crippen LogP contribution in [0.4, 0.5) is 21.2 Å². The maximum absolute atomic E-state index is 12.2. The number of piperazine rings is 2. The van der Waals surface area contributed by atoms with Crippen molar-refractivity contribution in [2.24, 2.45) is 0 Å². The molecule has 0 unspecified atom stereocenters. The van der Waals surface area contributed by atoms with E-state index in [-0.39, 0.29) is 12.2 Å². The molecule has 2 aliphatic heterocycles. The van der Waals surface area contributed by atoms with E-state index in [9.17, 15) is 9.59 Å². The summed E-state index contributed by atoms with van der Waals surface area (Å²) in [7, 11) is 0. The number of carbonyl (C=O) groups is 2. The lowest BCUT2D eigenvalue weighted by atomic mass is 10.0. The number of benzene rings is 1. The molecule has 2 saturated heterocycles. The second-order valence-electron chi connectivity index (χ2n) is 9.28. The zero-order valence-electron chi connectivity index (χ0n) is 22.0. The van der Waals surface area contributed by atoms with Crippen molar-refractivity contribution in [1.29, 1.82) is 0 Å². The zero-order valence-corrected chi connectivity index (χ0v) is 22.0. The fourth-order valence-corrected chi connectivity index (χ4v) is 4.94. The highest BCUT2D eigenvalue weighted by atomic mass is 16.6. The van der Waals surface area contributed by atoms with E-state index in [4.69, 9.17) is 19.4 Å². The van der Waals surface area contributed by atoms with Crippen LogP contribution < -0.4 is 9.80 Å². The van der Waals surface area contributed by atoms with Gasteiger partial charge < -0.3 is 29.1 Å². The molecule has 38 heavy (non-hydrogen) atoms. The van der Waals surface area contributed by atoms with Crippen LogP contribution in [0, 0.1) is 0 Å². The lowest BCUT2D eigenvalue weighted by molar-refractivity contribution is 0.104. The lowest BCUT2D eigenvalue weighted by Crippen LogP contribution is -2.49. The molecule has 0 N–H and O–H groups in total. The number of hydrogen-bond donors (Lipinski definition) is 0. The summed E-state index contributed by atoms with van der Waals surface area (Å²) < 4.78 is 10.3. The van der Waals surface area contributed by atoms with Crippen LogP contribution in [0.15, 0.2) is 48.5 Å². The van der Waals surface area contributed by atoms with Gasteiger partial charge in [-0.05, 0) is 43.2 Å². The summed E-state index contributed by atoms with van der Waals surface area (Å²) in [5, 5.41) is 0.985. The molecule has 5 rings (SSSR count). The van der Waals surface area contributed by atoms with Gasteiger partial charge in [0.05, 0.1) is 13.2 Å². The second-order valence-corrected chi connectivity index (χ2v) is 9.28. The Bertz CT molecular complexity index is 1270. The summed E-state index contributed by atoms with van der Waals surface area (Å²) in [6.45, 7) is 9.42. The minimum Gasteiger partial charge on any atom is -0.450 e. The molecule has 2 fully saturated rings. The first-order valence-electron chi connectivity index (χ1n) is 13.3. The van der Waals surface area contributed by atoms with Crippen molar-refractivity contribution in [3.63, 3.8) is 0 Å². The number of pyridine rings is 2. The molecule has 3 aromatic rings. The number of amides is 2. The van der Waals surface area contributed by atoms with Gasteiger partial charge in [-0.25, -0.2) is 19.6 Å². The number of aromatic nitrogens is 2. The number of fused-ring (bicyclic) bond motifs is 1. The number of hydrogen-bond acceptors (Lipinski definition) is 8. The molecule has 1 aromatic carbocycles. The largest absolute Gasteiger partial charge is 0.450 e. The number of anilines is 2. The van der Waals surface area contributed by atoms with E-state index in [1.54, 1.807) is 9.80 Å². The Kier molecular flexibility index (Phi) is 7.76. The average molecular weight is 519 g/mol. The number of ether oxygens (including phenoxy) is 2. The Balaban J connectivity index is 1.42. The van der Waals surface area contributed by atoms with Crippen molar-refractivity contribution < 1.29 is 19.1 Å². The van der Waals surface area contributed by atoms with E-state index in [0.717, 1.165) is 28.1 Å². The van der Waals surface area contributed by atoms with E-state index in [0.29, 0.717) is 71.2 Å². The summed E-state index contributed by atoms with van der Waals surface area (Å²) in [6, 6.07) is 16.5. The Morgan fingerprint density at radius 3 is 1.79 bits per heavy atom. The Morgan fingerprint density at radius 2 is 1.24 bits per heavy atom. The predicted octanol–water partition coefficient (Wildman–Crippen LogP) is 3.85. The van der Waals surface area contributed by atoms with Gasteiger partial charge in [-0.3, -0.25) is 0 Å². The zero-order chi connectivity index (χ0) is 26.5. The van der Waals surface area contributed by atoms with Crippen molar-refractivity contribution in [3.05, 3.63) is 48.5 Å². The van der Waals surface area contributed by atoms with Crippen molar-refractivity contribution in [1.82, 2.24) is 19.8 Å². The van der Waals surface area contributed by atoms with Gasteiger partial charge in [0.1, 0.15) is 11.6 Å². The highest BCUT2D eigenvalue weighted by molar-refractivity contribution is 5.95. The first kappa shape index (κ1) is 25.6. The molecular formula is C28H34N6O4. The van der Waals surface area contributed by atoms with Crippen molar-refractivity contribution >= 4 is 34.9 Å². The van der Waals surface area contributed by atoms with Crippen LogP contribution >= 0.6 is 0 Å². The maximum atomic E-state index is 12.2. The van der Waals surface area contributed by atoms with Gasteiger partial charge in [0.25, 0.3) is 0 Å². The van der Waals surface area contributed by atoms with E-state index < -0.39 is 0 Å². The normalized spacial score (nSPS) is 16.1. The molecule has 0 aliphatic carbocycles. The monoisotopic (exact) mass is 518 g/mol. The number of rotatable bonds is 5. The van der Waals surface area contributed by atoms with Crippen LogP contribution in [-0.2, 0) is 9.47 Å². The summed E-state index contributed by atoms with van der Waals surface area (Å²) in [5.74, 6) is 1.69. The number of carbonyl (C=O) groups excluding carboxylic acids is 2. The summed E-state index contributed by atoms with van der Waals surface area (Å²) in [4.78, 5) is 42.1. The molecule has 0 bridgehead atoms. The van der Waals surface area contributed by atoms with Gasteiger partial charge in [0.2, 0.25) is 0 Å². The van der Waals surface area contributed by atoms with Crippen LogP contribution in [-0.4, -0.2) is 97.5 Å². The smallest absolute Gasteiger partial charge is 0.409 e. The standard InChI is InChI=1S/C28H34N6O4/c1-3-37-27(35)33-16-12-31(13-17-33)24-11-10-22-23(21-8-6-5-7-9-21)20-25(30-26(22)29-24)32-14-18-34(19-15-32)28(36)38-4-2/h5-11,20H,3-4,12-19H2,1-2H3. The van der Waals surface area contributed by atoms with Gasteiger partial charge in [-0.1, -0.05) is 30.3 Å². The third-order valence-electron chi connectivity index (χ3n) is 6.99. The predicted molar refractivity (Wildman–Crippen MR) is 147 cm³/mol. The third-order valence-corrected chi connectivity index (χ3v) is 6.99. The Morgan fingerprint density at radius 1 is 0.711 bits per heavy atom. The first-order chi connectivity index (χ1) is 18.6. The van der Waals surface area contributed by atoms with E-state index in [1.807, 2.05) is 38.1 Å². The van der Waals surface area contributed by atoms with Gasteiger partial charge >= 0.3 is 12.2 Å². The first-order valence-corrected chi connectivity index (χ1v) is 13.3. The SMILES string of the molecule is CCOC(=O)N1CCN(c2ccc3c(-c4ccccc4)cc(N4CCN(C(=O)OCC)CC4)nc3n2)CC1. The molecule has 2 aliphatic rings. The van der Waals surface area contributed by atoms with E-state index >= 15 is 0 Å². The van der Waals surface area contributed by atoms with Gasteiger partial charge in [-0.2, -0.15) is 0 Å². The molecular weight excluding hydrogens is 484 g/mol. The molecule has 2 aromatic heterocycles. The minimum atomic E-state index is -0.266. The summed E-state index contributed by atoms with van der Waals surface area (Å²) in [5.41, 5.74) is 2.85. The molecule has 10 heteroatoms. The molecule has 0 atom stereocenters. The summed E-state index contributed by atoms with van der Waals surface area (Å²) in [6.07, 6.45) is -0.529. The molecule has 0 radical (unpaired) electrons. The van der Waals surface area contributed by atoms with Crippen molar-refractivity contribution in [2.75, 3.05) is 75.4 Å². The quantitative estimate of drug-likeness (QED) is 0.503. The maximum Gasteiger partial charge on any atom is 0.409 e. The third kappa shape index (κ3) is 5.44. The molecule has 0 saturated carbocycles. The molecule has 10 nitrogen and oxygen atoms in total. The highest BCUT2D eigenvalue weighted by Gasteiger charge is 2.25. The van der Waals surface area contributed by atoms with E-state index in [2.05, 4.69) is 34.1 Å². The van der Waals surface area contributed by atoms with Gasteiger partial charge in [-0.15, -0.1) is 0 Å². The van der Waals surface area contributed by atoms with E-state index in [1.165, 1.54) is 0 Å². The number of nitrogens with zero attached hydrogens (tertiary/aromatic N) is 6. The minimum absolute atomic E-state index is 0.263.